The van der Waals surface area contributed by atoms with E-state index in [2.05, 4.69) is 10.3 Å². The zero-order valence-corrected chi connectivity index (χ0v) is 11.0. The number of nitrogens with one attached hydrogen (secondary N) is 1. The van der Waals surface area contributed by atoms with Crippen LogP contribution in [-0.4, -0.2) is 37.7 Å². The molecule has 0 saturated heterocycles. The van der Waals surface area contributed by atoms with E-state index in [4.69, 9.17) is 21.1 Å². The van der Waals surface area contributed by atoms with Crippen molar-refractivity contribution in [3.63, 3.8) is 0 Å². The van der Waals surface area contributed by atoms with Gasteiger partial charge in [-0.25, -0.2) is 4.98 Å². The fraction of sp³-hybridized carbons (Fsp3) is 0.583. The zero-order valence-electron chi connectivity index (χ0n) is 10.3. The Balaban J connectivity index is 2.26. The molecule has 1 heterocycles. The molecule has 1 aromatic heterocycles. The molecule has 0 aliphatic carbocycles. The molecular formula is C12H19ClN2O2. The Morgan fingerprint density at radius 1 is 1.47 bits per heavy atom. The number of pyridine rings is 1. The molecule has 5 heteroatoms. The normalized spacial score (nSPS) is 12.4. The summed E-state index contributed by atoms with van der Waals surface area (Å²) >= 11 is 6.02. The molecule has 0 aliphatic rings. The van der Waals surface area contributed by atoms with Gasteiger partial charge in [-0.3, -0.25) is 0 Å². The number of aromatic nitrogens is 1. The molecule has 0 bridgehead atoms. The number of halogens is 1. The number of nitrogens with zero attached hydrogens (tertiary/aromatic N) is 1. The first-order valence-electron chi connectivity index (χ1n) is 5.59. The van der Waals surface area contributed by atoms with Crippen molar-refractivity contribution >= 4 is 11.6 Å². The molecule has 0 saturated carbocycles. The summed E-state index contributed by atoms with van der Waals surface area (Å²) < 4.78 is 10.1. The van der Waals surface area contributed by atoms with Crippen molar-refractivity contribution in [2.24, 2.45) is 0 Å². The van der Waals surface area contributed by atoms with E-state index in [-0.39, 0.29) is 5.38 Å². The van der Waals surface area contributed by atoms with Gasteiger partial charge >= 0.3 is 0 Å². The molecule has 4 nitrogen and oxygen atoms in total. The summed E-state index contributed by atoms with van der Waals surface area (Å²) in [6.45, 7) is 2.16. The lowest BCUT2D eigenvalue weighted by atomic mass is 10.2. The van der Waals surface area contributed by atoms with Gasteiger partial charge in [0.05, 0.1) is 19.1 Å². The lowest BCUT2D eigenvalue weighted by molar-refractivity contribution is 0.195. The Morgan fingerprint density at radius 3 is 3.00 bits per heavy atom. The monoisotopic (exact) mass is 258 g/mol. The fourth-order valence-electron chi connectivity index (χ4n) is 1.49. The van der Waals surface area contributed by atoms with Crippen molar-refractivity contribution in [2.45, 2.75) is 18.3 Å². The van der Waals surface area contributed by atoms with Crippen molar-refractivity contribution < 1.29 is 9.47 Å². The predicted octanol–water partition coefficient (Wildman–Crippen LogP) is 1.82. The molecule has 1 atom stereocenters. The molecule has 1 rings (SSSR count). The minimum atomic E-state index is 0.0586. The second kappa shape index (κ2) is 8.28. The van der Waals surface area contributed by atoms with Crippen LogP contribution in [0.2, 0.25) is 0 Å². The van der Waals surface area contributed by atoms with Gasteiger partial charge in [-0.15, -0.1) is 11.6 Å². The lowest BCUT2D eigenvalue weighted by Crippen LogP contribution is -2.20. The largest absolute Gasteiger partial charge is 0.481 e. The van der Waals surface area contributed by atoms with Crippen molar-refractivity contribution in [2.75, 3.05) is 27.4 Å². The summed E-state index contributed by atoms with van der Waals surface area (Å²) in [6.07, 6.45) is 2.59. The van der Waals surface area contributed by atoms with E-state index in [0.29, 0.717) is 12.5 Å². The number of hydrogen-bond donors (Lipinski definition) is 1. The maximum atomic E-state index is 6.02. The van der Waals surface area contributed by atoms with Gasteiger partial charge in [0.1, 0.15) is 0 Å². The summed E-state index contributed by atoms with van der Waals surface area (Å²) in [5.41, 5.74) is 1.05. The number of alkyl halides is 1. The summed E-state index contributed by atoms with van der Waals surface area (Å²) in [6, 6.07) is 3.89. The molecule has 0 spiro atoms. The first kappa shape index (κ1) is 14.2. The van der Waals surface area contributed by atoms with Crippen LogP contribution in [0, 0.1) is 0 Å². The molecule has 0 aromatic carbocycles. The first-order valence-corrected chi connectivity index (χ1v) is 6.03. The summed E-state index contributed by atoms with van der Waals surface area (Å²) in [5.74, 6) is 0.666. The van der Waals surface area contributed by atoms with Crippen LogP contribution < -0.4 is 10.1 Å². The van der Waals surface area contributed by atoms with E-state index in [1.165, 1.54) is 0 Å². The van der Waals surface area contributed by atoms with Crippen LogP contribution in [0.25, 0.3) is 0 Å². The lowest BCUT2D eigenvalue weighted by Gasteiger charge is -2.10. The number of rotatable bonds is 8. The number of methoxy groups -OCH3 is 2. The van der Waals surface area contributed by atoms with Crippen molar-refractivity contribution in [3.05, 3.63) is 23.9 Å². The van der Waals surface area contributed by atoms with Gasteiger partial charge in [-0.1, -0.05) is 6.07 Å². The third kappa shape index (κ3) is 5.35. The molecule has 0 radical (unpaired) electrons. The Bertz CT molecular complexity index is 323. The molecule has 1 N–H and O–H groups in total. The highest BCUT2D eigenvalue weighted by Gasteiger charge is 2.05. The van der Waals surface area contributed by atoms with Crippen molar-refractivity contribution in [1.82, 2.24) is 10.3 Å². The Kier molecular flexibility index (Phi) is 6.93. The smallest absolute Gasteiger partial charge is 0.217 e. The average Bonchev–Trinajstić information content (AvgIpc) is 2.35. The first-order chi connectivity index (χ1) is 8.27. The van der Waals surface area contributed by atoms with E-state index < -0.39 is 0 Å². The van der Waals surface area contributed by atoms with Crippen molar-refractivity contribution in [1.29, 1.82) is 0 Å². The highest BCUT2D eigenvalue weighted by Crippen LogP contribution is 2.12. The van der Waals surface area contributed by atoms with E-state index in [0.717, 1.165) is 25.1 Å². The fourth-order valence-corrected chi connectivity index (χ4v) is 1.72. The SMILES string of the molecule is COCC(Cl)CCNCc1cccnc1OC. The van der Waals surface area contributed by atoms with Gasteiger partial charge in [0.25, 0.3) is 0 Å². The maximum absolute atomic E-state index is 6.02. The molecule has 0 amide bonds. The van der Waals surface area contributed by atoms with E-state index in [9.17, 15) is 0 Å². The molecule has 1 unspecified atom stereocenters. The molecular weight excluding hydrogens is 240 g/mol. The van der Waals surface area contributed by atoms with E-state index in [1.54, 1.807) is 20.4 Å². The molecule has 96 valence electrons. The summed E-state index contributed by atoms with van der Waals surface area (Å²) in [5, 5.41) is 3.36. The molecule has 0 aliphatic heterocycles. The van der Waals surface area contributed by atoms with Crippen LogP contribution in [0.5, 0.6) is 5.88 Å². The molecule has 1 aromatic rings. The summed E-state index contributed by atoms with van der Waals surface area (Å²) in [4.78, 5) is 4.13. The maximum Gasteiger partial charge on any atom is 0.217 e. The summed E-state index contributed by atoms with van der Waals surface area (Å²) in [7, 11) is 3.28. The highest BCUT2D eigenvalue weighted by atomic mass is 35.5. The number of ether oxygens (including phenoxy) is 2. The van der Waals surface area contributed by atoms with Crippen molar-refractivity contribution in [3.8, 4) is 5.88 Å². The van der Waals surface area contributed by atoms with Crippen LogP contribution >= 0.6 is 11.6 Å². The quantitative estimate of drug-likeness (QED) is 0.571. The van der Waals surface area contributed by atoms with Crippen LogP contribution in [0.15, 0.2) is 18.3 Å². The van der Waals surface area contributed by atoms with Gasteiger partial charge < -0.3 is 14.8 Å². The average molecular weight is 259 g/mol. The Labute approximate surface area is 107 Å². The van der Waals surface area contributed by atoms with Crippen LogP contribution in [-0.2, 0) is 11.3 Å². The third-order valence-electron chi connectivity index (χ3n) is 2.34. The Hall–Kier alpha value is -0.840. The van der Waals surface area contributed by atoms with Gasteiger partial charge in [0, 0.05) is 25.4 Å². The van der Waals surface area contributed by atoms with Gasteiger partial charge in [0.15, 0.2) is 0 Å². The van der Waals surface area contributed by atoms with E-state index >= 15 is 0 Å². The Morgan fingerprint density at radius 2 is 2.29 bits per heavy atom. The standard InChI is InChI=1S/C12H19ClN2O2/c1-16-9-11(13)5-7-14-8-10-4-3-6-15-12(10)17-2/h3-4,6,11,14H,5,7-9H2,1-2H3. The molecule has 0 fully saturated rings. The van der Waals surface area contributed by atoms with Crippen LogP contribution in [0.1, 0.15) is 12.0 Å². The predicted molar refractivity (Wildman–Crippen MR) is 68.6 cm³/mol. The second-order valence-corrected chi connectivity index (χ2v) is 4.31. The topological polar surface area (TPSA) is 43.4 Å². The second-order valence-electron chi connectivity index (χ2n) is 3.69. The van der Waals surface area contributed by atoms with Gasteiger partial charge in [0.2, 0.25) is 5.88 Å². The van der Waals surface area contributed by atoms with Gasteiger partial charge in [-0.2, -0.15) is 0 Å². The highest BCUT2D eigenvalue weighted by molar-refractivity contribution is 6.20. The minimum Gasteiger partial charge on any atom is -0.481 e. The van der Waals surface area contributed by atoms with Crippen LogP contribution in [0.3, 0.4) is 0 Å². The van der Waals surface area contributed by atoms with Crippen LogP contribution in [0.4, 0.5) is 0 Å². The zero-order chi connectivity index (χ0) is 12.5. The van der Waals surface area contributed by atoms with Gasteiger partial charge in [-0.05, 0) is 19.0 Å². The minimum absolute atomic E-state index is 0.0586. The molecule has 17 heavy (non-hydrogen) atoms. The van der Waals surface area contributed by atoms with E-state index in [1.807, 2.05) is 12.1 Å². The number of hydrogen-bond acceptors (Lipinski definition) is 4. The third-order valence-corrected chi connectivity index (χ3v) is 2.68.